The fraction of sp³-hybridized carbons (Fsp3) is 0.0909. The van der Waals surface area contributed by atoms with Crippen LogP contribution >= 0.6 is 11.3 Å². The average molecular weight is 434 g/mol. The van der Waals surface area contributed by atoms with Gasteiger partial charge in [-0.05, 0) is 31.2 Å². The number of amides is 2. The molecular weight excluding hydrogens is 416 g/mol. The highest BCUT2D eigenvalue weighted by Gasteiger charge is 2.25. The van der Waals surface area contributed by atoms with E-state index >= 15 is 0 Å². The van der Waals surface area contributed by atoms with E-state index in [0.29, 0.717) is 15.5 Å². The Bertz CT molecular complexity index is 1430. The molecule has 156 valence electrons. The number of carbonyl (C=O) groups excluding carboxylic acids is 2. The molecule has 9 heteroatoms. The molecule has 0 unspecified atom stereocenters. The lowest BCUT2D eigenvalue weighted by Crippen LogP contribution is -2.24. The summed E-state index contributed by atoms with van der Waals surface area (Å²) in [5, 5.41) is 26.0. The molecule has 8 nitrogen and oxygen atoms in total. The number of nitrogens with zero attached hydrogens (tertiary/aromatic N) is 3. The third-order valence-corrected chi connectivity index (χ3v) is 5.77. The molecule has 2 heterocycles. The molecule has 0 radical (unpaired) electrons. The third-order valence-electron chi connectivity index (χ3n) is 4.68. The van der Waals surface area contributed by atoms with Crippen LogP contribution in [0, 0.1) is 6.92 Å². The molecule has 2 amide bonds. The zero-order chi connectivity index (χ0) is 22.1. The van der Waals surface area contributed by atoms with E-state index in [9.17, 15) is 19.8 Å². The van der Waals surface area contributed by atoms with Gasteiger partial charge in [-0.3, -0.25) is 14.2 Å². The van der Waals surface area contributed by atoms with E-state index in [1.165, 1.54) is 16.7 Å². The fourth-order valence-electron chi connectivity index (χ4n) is 3.22. The molecule has 0 aliphatic carbocycles. The molecule has 2 aromatic carbocycles. The molecule has 3 aromatic rings. The molecule has 1 aliphatic rings. The summed E-state index contributed by atoms with van der Waals surface area (Å²) in [5.41, 5.74) is 3.68. The SMILES string of the molecule is C=CCn1c(O)c(C2=c3cc(C)ccc3=NC2=O)s/c1=N/NC(=O)c1ccccc1O. The standard InChI is InChI=1S/C22H18N4O4S/c1-3-10-26-21(30)18(17-14-11-12(2)8-9-15(14)23-20(17)29)31-22(26)25-24-19(28)13-6-4-5-7-16(13)27/h3-9,11,27,30H,1,10H2,2H3,(H,24,28)/b25-22+. The van der Waals surface area contributed by atoms with Gasteiger partial charge in [-0.15, -0.1) is 11.7 Å². The summed E-state index contributed by atoms with van der Waals surface area (Å²) < 4.78 is 1.42. The Labute approximate surface area is 180 Å². The molecule has 1 aliphatic heterocycles. The van der Waals surface area contributed by atoms with Crippen molar-refractivity contribution in [1.29, 1.82) is 0 Å². The van der Waals surface area contributed by atoms with Gasteiger partial charge in [0.2, 0.25) is 10.7 Å². The number of fused-ring (bicyclic) bond motifs is 1. The molecule has 0 spiro atoms. The smallest absolute Gasteiger partial charge is 0.279 e. The van der Waals surface area contributed by atoms with E-state index in [0.717, 1.165) is 16.9 Å². The maximum atomic E-state index is 12.6. The van der Waals surface area contributed by atoms with E-state index in [1.54, 1.807) is 24.3 Å². The molecule has 0 fully saturated rings. The van der Waals surface area contributed by atoms with E-state index in [-0.39, 0.29) is 34.1 Å². The van der Waals surface area contributed by atoms with Crippen molar-refractivity contribution in [3.63, 3.8) is 0 Å². The number of phenolic OH excluding ortho intramolecular Hbond substituents is 1. The van der Waals surface area contributed by atoms with Gasteiger partial charge in [-0.1, -0.05) is 41.2 Å². The Kier molecular flexibility index (Phi) is 5.26. The molecule has 31 heavy (non-hydrogen) atoms. The van der Waals surface area contributed by atoms with E-state index in [4.69, 9.17) is 0 Å². The second kappa shape index (κ2) is 8.04. The number of aromatic nitrogens is 1. The number of allylic oxidation sites excluding steroid dienone is 1. The summed E-state index contributed by atoms with van der Waals surface area (Å²) in [5.74, 6) is -1.41. The molecule has 1 aromatic heterocycles. The Morgan fingerprint density at radius 1 is 1.29 bits per heavy atom. The predicted octanol–water partition coefficient (Wildman–Crippen LogP) is 1.06. The molecule has 4 rings (SSSR count). The number of rotatable bonds is 5. The minimum Gasteiger partial charge on any atom is -0.507 e. The van der Waals surface area contributed by atoms with E-state index in [1.807, 2.05) is 19.1 Å². The van der Waals surface area contributed by atoms with Crippen LogP contribution in [0.5, 0.6) is 11.6 Å². The minimum absolute atomic E-state index is 0.0612. The summed E-state index contributed by atoms with van der Waals surface area (Å²) in [6, 6.07) is 11.5. The zero-order valence-corrected chi connectivity index (χ0v) is 17.3. The van der Waals surface area contributed by atoms with Crippen LogP contribution in [-0.4, -0.2) is 26.6 Å². The highest BCUT2D eigenvalue weighted by Crippen LogP contribution is 2.28. The first-order chi connectivity index (χ1) is 14.9. The highest BCUT2D eigenvalue weighted by molar-refractivity contribution is 7.11. The number of thiazole rings is 1. The number of benzene rings is 2. The Morgan fingerprint density at radius 3 is 2.81 bits per heavy atom. The maximum absolute atomic E-state index is 12.6. The number of para-hydroxylation sites is 1. The van der Waals surface area contributed by atoms with Gasteiger partial charge in [0.1, 0.15) is 10.6 Å². The number of carbonyl (C=O) groups is 2. The molecule has 0 saturated carbocycles. The van der Waals surface area contributed by atoms with Crippen LogP contribution in [0.4, 0.5) is 0 Å². The molecular formula is C22H18N4O4S. The summed E-state index contributed by atoms with van der Waals surface area (Å²) in [6.45, 7) is 5.79. The van der Waals surface area contributed by atoms with Gasteiger partial charge in [0.15, 0.2) is 0 Å². The molecule has 3 N–H and O–H groups in total. The van der Waals surface area contributed by atoms with Crippen LogP contribution in [0.2, 0.25) is 0 Å². The normalized spacial score (nSPS) is 13.1. The summed E-state index contributed by atoms with van der Waals surface area (Å²) in [4.78, 5) is 29.6. The average Bonchev–Trinajstić information content (AvgIpc) is 3.22. The molecule has 0 bridgehead atoms. The van der Waals surface area contributed by atoms with Crippen molar-refractivity contribution in [2.24, 2.45) is 10.1 Å². The number of hydrogen-bond donors (Lipinski definition) is 3. The summed E-state index contributed by atoms with van der Waals surface area (Å²) in [6.07, 6.45) is 1.56. The number of hydrogen-bond acceptors (Lipinski definition) is 6. The van der Waals surface area contributed by atoms with E-state index < -0.39 is 11.8 Å². The Morgan fingerprint density at radius 2 is 2.06 bits per heavy atom. The lowest BCUT2D eigenvalue weighted by molar-refractivity contribution is -0.112. The lowest BCUT2D eigenvalue weighted by Gasteiger charge is -2.03. The van der Waals surface area contributed by atoms with Gasteiger partial charge in [0, 0.05) is 11.8 Å². The van der Waals surface area contributed by atoms with Gasteiger partial charge in [0.25, 0.3) is 11.8 Å². The van der Waals surface area contributed by atoms with Crippen LogP contribution in [0.3, 0.4) is 0 Å². The Balaban J connectivity index is 1.83. The van der Waals surface area contributed by atoms with Crippen molar-refractivity contribution in [2.75, 3.05) is 0 Å². The van der Waals surface area contributed by atoms with Gasteiger partial charge in [-0.25, -0.2) is 10.4 Å². The quantitative estimate of drug-likeness (QED) is 0.411. The maximum Gasteiger partial charge on any atom is 0.279 e. The van der Waals surface area contributed by atoms with E-state index in [2.05, 4.69) is 22.1 Å². The van der Waals surface area contributed by atoms with Crippen molar-refractivity contribution in [3.8, 4) is 11.6 Å². The number of phenols is 1. The Hall–Kier alpha value is -3.98. The number of nitrogens with one attached hydrogen (secondary N) is 1. The second-order valence-corrected chi connectivity index (χ2v) is 7.80. The van der Waals surface area contributed by atoms with Crippen molar-refractivity contribution < 1.29 is 19.8 Å². The first-order valence-corrected chi connectivity index (χ1v) is 10.1. The monoisotopic (exact) mass is 434 g/mol. The largest absolute Gasteiger partial charge is 0.507 e. The number of aryl methyl sites for hydroxylation is 1. The highest BCUT2D eigenvalue weighted by atomic mass is 32.1. The van der Waals surface area contributed by atoms with Gasteiger partial charge >= 0.3 is 0 Å². The van der Waals surface area contributed by atoms with Crippen LogP contribution < -0.4 is 20.8 Å². The zero-order valence-electron chi connectivity index (χ0n) is 16.5. The van der Waals surface area contributed by atoms with Crippen molar-refractivity contribution in [3.05, 3.63) is 86.5 Å². The first kappa shape index (κ1) is 20.3. The minimum atomic E-state index is -0.613. The van der Waals surface area contributed by atoms with Crippen LogP contribution in [-0.2, 0) is 11.3 Å². The fourth-order valence-corrected chi connectivity index (χ4v) is 4.26. The molecule has 0 saturated heterocycles. The second-order valence-electron chi connectivity index (χ2n) is 6.82. The van der Waals surface area contributed by atoms with Crippen molar-refractivity contribution in [1.82, 2.24) is 9.99 Å². The summed E-state index contributed by atoms with van der Waals surface area (Å²) in [7, 11) is 0. The predicted molar refractivity (Wildman–Crippen MR) is 115 cm³/mol. The van der Waals surface area contributed by atoms with Crippen LogP contribution in [0.25, 0.3) is 5.57 Å². The van der Waals surface area contributed by atoms with Crippen LogP contribution in [0.1, 0.15) is 20.8 Å². The lowest BCUT2D eigenvalue weighted by atomic mass is 10.1. The third kappa shape index (κ3) is 3.66. The number of aromatic hydroxyl groups is 2. The van der Waals surface area contributed by atoms with Crippen LogP contribution in [0.15, 0.2) is 65.2 Å². The summed E-state index contributed by atoms with van der Waals surface area (Å²) >= 11 is 1.04. The van der Waals surface area contributed by atoms with Gasteiger partial charge in [-0.2, -0.15) is 0 Å². The van der Waals surface area contributed by atoms with Gasteiger partial charge < -0.3 is 10.2 Å². The molecule has 0 atom stereocenters. The van der Waals surface area contributed by atoms with Crippen molar-refractivity contribution >= 4 is 28.7 Å². The van der Waals surface area contributed by atoms with Crippen molar-refractivity contribution in [2.45, 2.75) is 13.5 Å². The topological polar surface area (TPSA) is 116 Å². The first-order valence-electron chi connectivity index (χ1n) is 9.30. The van der Waals surface area contributed by atoms with Gasteiger partial charge in [0.05, 0.1) is 16.5 Å².